The van der Waals surface area contributed by atoms with Gasteiger partial charge in [0.25, 0.3) is 0 Å². The lowest BCUT2D eigenvalue weighted by Gasteiger charge is -2.39. The molecule has 2 saturated carbocycles. The standard InChI is InChI=1S/C31H36F2N6O4S/c1-18-12-19(13-25(34)29(18)43-10-11-44(2,41)42)22-6-9-35-17-27(22)37-30-36-16-21-4-5-26(38-39(21)30)28-23(32)14-20(15-24(28)33)31(40)7-3-8-31/h4-6,9,14-19,25,29,40H,3,7-8,10-13,34H2,1-2H3,(H,36,37). The zero-order valence-electron chi connectivity index (χ0n) is 24.6. The maximum absolute atomic E-state index is 15.2. The van der Waals surface area contributed by atoms with Crippen LogP contribution >= 0.6 is 0 Å². The van der Waals surface area contributed by atoms with Crippen molar-refractivity contribution in [3.05, 3.63) is 71.7 Å². The van der Waals surface area contributed by atoms with Crippen LogP contribution in [0.5, 0.6) is 0 Å². The molecular formula is C31H36F2N6O4S. The Balaban J connectivity index is 1.24. The van der Waals surface area contributed by atoms with Crippen LogP contribution in [0.25, 0.3) is 16.8 Å². The normalized spacial score (nSPS) is 23.4. The summed E-state index contributed by atoms with van der Waals surface area (Å²) < 4.78 is 60.9. The second-order valence-corrected chi connectivity index (χ2v) is 14.5. The summed E-state index contributed by atoms with van der Waals surface area (Å²) in [6.45, 7) is 2.16. The first kappa shape index (κ1) is 30.5. The Morgan fingerprint density at radius 3 is 2.57 bits per heavy atom. The Labute approximate surface area is 254 Å². The maximum atomic E-state index is 15.2. The SMILES string of the molecule is CC1CC(c2ccncc2Nc2ncc3ccc(-c4c(F)cc(C5(O)CCC5)cc4F)nn23)CC(N)C1OCCS(C)(=O)=O. The molecule has 0 bridgehead atoms. The van der Waals surface area contributed by atoms with E-state index in [0.717, 1.165) is 18.4 Å². The summed E-state index contributed by atoms with van der Waals surface area (Å²) in [7, 11) is -3.13. The summed E-state index contributed by atoms with van der Waals surface area (Å²) in [6.07, 6.45) is 9.08. The molecule has 13 heteroatoms. The predicted octanol–water partition coefficient (Wildman–Crippen LogP) is 4.46. The molecule has 3 aromatic heterocycles. The van der Waals surface area contributed by atoms with Gasteiger partial charge in [-0.3, -0.25) is 4.98 Å². The Morgan fingerprint density at radius 1 is 1.16 bits per heavy atom. The van der Waals surface area contributed by atoms with Crippen molar-refractivity contribution in [2.24, 2.45) is 11.7 Å². The number of anilines is 2. The number of halogens is 2. The van der Waals surface area contributed by atoms with Crippen LogP contribution in [0.1, 0.15) is 56.1 Å². The van der Waals surface area contributed by atoms with Crippen molar-refractivity contribution in [3.63, 3.8) is 0 Å². The van der Waals surface area contributed by atoms with Crippen molar-refractivity contribution in [2.45, 2.75) is 62.7 Å². The van der Waals surface area contributed by atoms with Crippen molar-refractivity contribution >= 4 is 27.0 Å². The first-order valence-corrected chi connectivity index (χ1v) is 16.8. The molecule has 0 radical (unpaired) electrons. The fourth-order valence-corrected chi connectivity index (χ4v) is 6.81. The summed E-state index contributed by atoms with van der Waals surface area (Å²) in [5.74, 6) is -1.14. The minimum absolute atomic E-state index is 0.0488. The number of nitrogens with zero attached hydrogens (tertiary/aromatic N) is 4. The van der Waals surface area contributed by atoms with Gasteiger partial charge in [-0.1, -0.05) is 6.92 Å². The van der Waals surface area contributed by atoms with Gasteiger partial charge in [0.1, 0.15) is 21.5 Å². The Hall–Kier alpha value is -3.52. The quantitative estimate of drug-likeness (QED) is 0.245. The summed E-state index contributed by atoms with van der Waals surface area (Å²) in [5, 5.41) is 18.4. The van der Waals surface area contributed by atoms with E-state index in [4.69, 9.17) is 10.5 Å². The molecule has 10 nitrogen and oxygen atoms in total. The Morgan fingerprint density at radius 2 is 1.91 bits per heavy atom. The second kappa shape index (κ2) is 11.8. The monoisotopic (exact) mass is 626 g/mol. The highest BCUT2D eigenvalue weighted by Gasteiger charge is 2.38. The minimum Gasteiger partial charge on any atom is -0.385 e. The van der Waals surface area contributed by atoms with Gasteiger partial charge >= 0.3 is 0 Å². The number of nitrogens with one attached hydrogen (secondary N) is 1. The van der Waals surface area contributed by atoms with Crippen molar-refractivity contribution < 1.29 is 27.0 Å². The van der Waals surface area contributed by atoms with Crippen molar-refractivity contribution in [1.82, 2.24) is 19.6 Å². The number of nitrogens with two attached hydrogens (primary N) is 1. The van der Waals surface area contributed by atoms with Gasteiger partial charge in [-0.15, -0.1) is 0 Å². The smallest absolute Gasteiger partial charge is 0.229 e. The molecule has 0 spiro atoms. The van der Waals surface area contributed by atoms with Crippen LogP contribution in [0, 0.1) is 17.6 Å². The number of benzene rings is 1. The van der Waals surface area contributed by atoms with Gasteiger partial charge in [0.2, 0.25) is 5.95 Å². The molecule has 44 heavy (non-hydrogen) atoms. The molecular weight excluding hydrogens is 590 g/mol. The molecule has 0 aliphatic heterocycles. The Kier molecular flexibility index (Phi) is 8.16. The third-order valence-corrected chi connectivity index (χ3v) is 9.81. The molecule has 3 heterocycles. The maximum Gasteiger partial charge on any atom is 0.229 e. The van der Waals surface area contributed by atoms with Gasteiger partial charge in [0.05, 0.1) is 58.9 Å². The van der Waals surface area contributed by atoms with E-state index in [-0.39, 0.29) is 53.2 Å². The van der Waals surface area contributed by atoms with Gasteiger partial charge in [-0.25, -0.2) is 22.2 Å². The number of aromatic nitrogens is 4. The molecule has 2 aliphatic rings. The number of rotatable bonds is 9. The first-order valence-electron chi connectivity index (χ1n) is 14.7. The molecule has 0 amide bonds. The van der Waals surface area contributed by atoms with Crippen molar-refractivity contribution in [1.29, 1.82) is 0 Å². The molecule has 4 aromatic rings. The van der Waals surface area contributed by atoms with Crippen molar-refractivity contribution in [3.8, 4) is 11.3 Å². The predicted molar refractivity (Wildman–Crippen MR) is 162 cm³/mol. The van der Waals surface area contributed by atoms with E-state index in [1.165, 1.54) is 29.0 Å². The molecule has 1 aromatic carbocycles. The Bertz CT molecular complexity index is 1760. The van der Waals surface area contributed by atoms with Gasteiger partial charge in [-0.05, 0) is 85.4 Å². The number of hydrogen-bond donors (Lipinski definition) is 3. The number of hydrogen-bond acceptors (Lipinski definition) is 9. The third kappa shape index (κ3) is 6.06. The van der Waals surface area contributed by atoms with Crippen LogP contribution in [-0.2, 0) is 20.2 Å². The van der Waals surface area contributed by atoms with Crippen LogP contribution in [0.3, 0.4) is 0 Å². The highest BCUT2D eigenvalue weighted by Crippen LogP contribution is 2.43. The zero-order valence-corrected chi connectivity index (χ0v) is 25.4. The highest BCUT2D eigenvalue weighted by atomic mass is 32.2. The van der Waals surface area contributed by atoms with Crippen LogP contribution in [0.15, 0.2) is 48.9 Å². The topological polar surface area (TPSA) is 145 Å². The molecule has 6 rings (SSSR count). The number of pyridine rings is 1. The molecule has 4 N–H and O–H groups in total. The summed E-state index contributed by atoms with van der Waals surface area (Å²) in [4.78, 5) is 8.76. The minimum atomic E-state index is -3.13. The van der Waals surface area contributed by atoms with E-state index in [1.807, 2.05) is 6.07 Å². The average Bonchev–Trinajstić information content (AvgIpc) is 3.34. The van der Waals surface area contributed by atoms with E-state index in [2.05, 4.69) is 27.3 Å². The second-order valence-electron chi connectivity index (χ2n) is 12.2. The first-order chi connectivity index (χ1) is 20.9. The van der Waals surface area contributed by atoms with E-state index in [9.17, 15) is 13.5 Å². The largest absolute Gasteiger partial charge is 0.385 e. The van der Waals surface area contributed by atoms with Gasteiger partial charge in [0, 0.05) is 18.5 Å². The third-order valence-electron chi connectivity index (χ3n) is 8.90. The molecule has 2 aliphatic carbocycles. The number of fused-ring (bicyclic) bond motifs is 1. The lowest BCUT2D eigenvalue weighted by Crippen LogP contribution is -2.47. The summed E-state index contributed by atoms with van der Waals surface area (Å²) in [6, 6.07) is 7.23. The molecule has 4 atom stereocenters. The van der Waals surface area contributed by atoms with Gasteiger partial charge < -0.3 is 20.9 Å². The van der Waals surface area contributed by atoms with Crippen LogP contribution in [-0.4, -0.2) is 63.9 Å². The number of sulfone groups is 1. The highest BCUT2D eigenvalue weighted by molar-refractivity contribution is 7.90. The summed E-state index contributed by atoms with van der Waals surface area (Å²) in [5.41, 5.74) is 7.68. The van der Waals surface area contributed by atoms with Crippen LogP contribution < -0.4 is 11.1 Å². The average molecular weight is 627 g/mol. The summed E-state index contributed by atoms with van der Waals surface area (Å²) >= 11 is 0. The molecule has 0 saturated heterocycles. The van der Waals surface area contributed by atoms with Gasteiger partial charge in [0.15, 0.2) is 0 Å². The fraction of sp³-hybridized carbons (Fsp3) is 0.452. The van der Waals surface area contributed by atoms with Crippen LogP contribution in [0.2, 0.25) is 0 Å². The van der Waals surface area contributed by atoms with E-state index in [1.54, 1.807) is 24.7 Å². The zero-order chi connectivity index (χ0) is 31.2. The van der Waals surface area contributed by atoms with E-state index in [0.29, 0.717) is 36.4 Å². The molecule has 234 valence electrons. The van der Waals surface area contributed by atoms with Crippen LogP contribution in [0.4, 0.5) is 20.4 Å². The lowest BCUT2D eigenvalue weighted by molar-refractivity contribution is -0.0392. The van der Waals surface area contributed by atoms with E-state index >= 15 is 8.78 Å². The molecule has 4 unspecified atom stereocenters. The number of ether oxygens (including phenoxy) is 1. The number of imidazole rings is 1. The lowest BCUT2D eigenvalue weighted by atomic mass is 9.74. The van der Waals surface area contributed by atoms with E-state index < -0.39 is 27.1 Å². The van der Waals surface area contributed by atoms with Gasteiger partial charge in [-0.2, -0.15) is 9.61 Å². The molecule has 2 fully saturated rings. The van der Waals surface area contributed by atoms with Crippen molar-refractivity contribution in [2.75, 3.05) is 23.9 Å². The number of aliphatic hydroxyl groups is 1. The fourth-order valence-electron chi connectivity index (χ4n) is 6.42.